The first-order valence-electron chi connectivity index (χ1n) is 6.88. The van der Waals surface area contributed by atoms with Gasteiger partial charge >= 0.3 is 0 Å². The van der Waals surface area contributed by atoms with Crippen LogP contribution in [0.15, 0.2) is 48.5 Å². The second-order valence-electron chi connectivity index (χ2n) is 5.17. The van der Waals surface area contributed by atoms with E-state index >= 15 is 0 Å². The lowest BCUT2D eigenvalue weighted by atomic mass is 10.1. The molecule has 0 aromatic heterocycles. The van der Waals surface area contributed by atoms with Crippen LogP contribution in [0.25, 0.3) is 0 Å². The van der Waals surface area contributed by atoms with Gasteiger partial charge in [-0.3, -0.25) is 9.59 Å². The first-order valence-corrected chi connectivity index (χ1v) is 6.88. The van der Waals surface area contributed by atoms with E-state index in [1.54, 1.807) is 4.90 Å². The Kier molecular flexibility index (Phi) is 3.44. The van der Waals surface area contributed by atoms with E-state index in [0.717, 1.165) is 11.1 Å². The summed E-state index contributed by atoms with van der Waals surface area (Å²) in [5.74, 6) is -0.299. The largest absolute Gasteiger partial charge is 0.343 e. The van der Waals surface area contributed by atoms with Crippen LogP contribution >= 0.6 is 0 Å². The zero-order valence-corrected chi connectivity index (χ0v) is 11.8. The van der Waals surface area contributed by atoms with Crippen LogP contribution in [-0.2, 0) is 11.3 Å². The van der Waals surface area contributed by atoms with Crippen molar-refractivity contribution in [1.29, 1.82) is 0 Å². The minimum Gasteiger partial charge on any atom is -0.343 e. The predicted molar refractivity (Wildman–Crippen MR) is 81.1 cm³/mol. The Labute approximate surface area is 123 Å². The lowest BCUT2D eigenvalue weighted by Crippen LogP contribution is -2.36. The number of carbonyl (C=O) groups is 2. The molecule has 0 saturated heterocycles. The molecular formula is C17H16N2O2. The normalized spacial score (nSPS) is 14.4. The van der Waals surface area contributed by atoms with Crippen LogP contribution in [0.5, 0.6) is 0 Å². The van der Waals surface area contributed by atoms with E-state index < -0.39 is 0 Å². The first kappa shape index (κ1) is 13.4. The fourth-order valence-corrected chi connectivity index (χ4v) is 2.49. The van der Waals surface area contributed by atoms with Gasteiger partial charge in [-0.05, 0) is 24.6 Å². The minimum absolute atomic E-state index is 0.0272. The van der Waals surface area contributed by atoms with Gasteiger partial charge in [0.2, 0.25) is 5.91 Å². The van der Waals surface area contributed by atoms with Crippen molar-refractivity contribution in [2.75, 3.05) is 11.4 Å². The number of carbonyl (C=O) groups excluding carboxylic acids is 2. The second kappa shape index (κ2) is 5.40. The summed E-state index contributed by atoms with van der Waals surface area (Å²) in [6.45, 7) is 2.42. The van der Waals surface area contributed by atoms with E-state index in [1.807, 2.05) is 55.5 Å². The summed E-state index contributed by atoms with van der Waals surface area (Å²) < 4.78 is 0. The third-order valence-corrected chi connectivity index (χ3v) is 3.57. The highest BCUT2D eigenvalue weighted by Crippen LogP contribution is 2.25. The predicted octanol–water partition coefficient (Wildman–Crippen LogP) is 2.27. The Balaban J connectivity index is 2.04. The Morgan fingerprint density at radius 3 is 2.62 bits per heavy atom. The number of hydrogen-bond donors (Lipinski definition) is 1. The van der Waals surface area contributed by atoms with Crippen LogP contribution in [-0.4, -0.2) is 18.4 Å². The average Bonchev–Trinajstić information content (AvgIpc) is 2.61. The van der Waals surface area contributed by atoms with Gasteiger partial charge in [0.1, 0.15) is 0 Å². The topological polar surface area (TPSA) is 49.4 Å². The number of benzene rings is 2. The van der Waals surface area contributed by atoms with Crippen molar-refractivity contribution in [3.63, 3.8) is 0 Å². The quantitative estimate of drug-likeness (QED) is 0.917. The van der Waals surface area contributed by atoms with E-state index in [2.05, 4.69) is 5.32 Å². The molecule has 2 aromatic rings. The maximum Gasteiger partial charge on any atom is 0.253 e. The van der Waals surface area contributed by atoms with Crippen molar-refractivity contribution in [2.24, 2.45) is 0 Å². The van der Waals surface area contributed by atoms with Gasteiger partial charge in [-0.25, -0.2) is 0 Å². The van der Waals surface area contributed by atoms with Crippen molar-refractivity contribution in [1.82, 2.24) is 5.32 Å². The summed E-state index contributed by atoms with van der Waals surface area (Å²) in [4.78, 5) is 26.1. The van der Waals surface area contributed by atoms with E-state index in [4.69, 9.17) is 0 Å². The molecule has 0 saturated carbocycles. The van der Waals surface area contributed by atoms with Crippen LogP contribution in [0, 0.1) is 6.92 Å². The molecule has 4 heteroatoms. The summed E-state index contributed by atoms with van der Waals surface area (Å²) >= 11 is 0. The number of anilines is 1. The molecule has 4 nitrogen and oxygen atoms in total. The van der Waals surface area contributed by atoms with Gasteiger partial charge in [-0.15, -0.1) is 0 Å². The molecular weight excluding hydrogens is 264 g/mol. The molecule has 0 atom stereocenters. The molecule has 2 aromatic carbocycles. The molecule has 0 unspecified atom stereocenters. The third-order valence-electron chi connectivity index (χ3n) is 3.57. The van der Waals surface area contributed by atoms with Crippen LogP contribution < -0.4 is 10.2 Å². The van der Waals surface area contributed by atoms with Crippen LogP contribution in [0.4, 0.5) is 5.69 Å². The molecule has 2 amide bonds. The molecule has 0 fully saturated rings. The fourth-order valence-electron chi connectivity index (χ4n) is 2.49. The molecule has 1 N–H and O–H groups in total. The van der Waals surface area contributed by atoms with E-state index in [9.17, 15) is 9.59 Å². The molecule has 0 aliphatic carbocycles. The average molecular weight is 280 g/mol. The zero-order valence-electron chi connectivity index (χ0n) is 11.8. The number of rotatable bonds is 2. The molecule has 3 rings (SSSR count). The van der Waals surface area contributed by atoms with E-state index in [-0.39, 0.29) is 18.4 Å². The summed E-state index contributed by atoms with van der Waals surface area (Å²) in [5.41, 5.74) is 3.26. The minimum atomic E-state index is -0.197. The van der Waals surface area contributed by atoms with Crippen molar-refractivity contribution in [2.45, 2.75) is 13.5 Å². The number of amides is 2. The molecule has 1 aliphatic heterocycles. The van der Waals surface area contributed by atoms with Gasteiger partial charge in [0.25, 0.3) is 5.91 Å². The smallest absolute Gasteiger partial charge is 0.253 e. The monoisotopic (exact) mass is 280 g/mol. The van der Waals surface area contributed by atoms with Gasteiger partial charge in [-0.2, -0.15) is 0 Å². The molecule has 1 heterocycles. The van der Waals surface area contributed by atoms with Crippen molar-refractivity contribution in [3.05, 3.63) is 65.2 Å². The van der Waals surface area contributed by atoms with Crippen LogP contribution in [0.1, 0.15) is 21.5 Å². The number of hydrogen-bond acceptors (Lipinski definition) is 2. The maximum atomic E-state index is 12.3. The van der Waals surface area contributed by atoms with Crippen molar-refractivity contribution in [3.8, 4) is 0 Å². The van der Waals surface area contributed by atoms with Crippen LogP contribution in [0.2, 0.25) is 0 Å². The molecule has 0 radical (unpaired) electrons. The maximum absolute atomic E-state index is 12.3. The number of fused-ring (bicyclic) bond motifs is 1. The SMILES string of the molecule is Cc1ccc2c(c1)C(=O)NCC(=O)N2Cc1ccccc1. The van der Waals surface area contributed by atoms with Crippen LogP contribution in [0.3, 0.4) is 0 Å². The lowest BCUT2D eigenvalue weighted by molar-refractivity contribution is -0.117. The molecule has 106 valence electrons. The van der Waals surface area contributed by atoms with E-state index in [1.165, 1.54) is 0 Å². The Hall–Kier alpha value is -2.62. The Morgan fingerprint density at radius 2 is 1.86 bits per heavy atom. The number of nitrogens with one attached hydrogen (secondary N) is 1. The summed E-state index contributed by atoms with van der Waals surface area (Å²) in [7, 11) is 0. The molecule has 1 aliphatic rings. The Bertz CT molecular complexity index is 695. The number of nitrogens with zero attached hydrogens (tertiary/aromatic N) is 1. The fraction of sp³-hybridized carbons (Fsp3) is 0.176. The standard InChI is InChI=1S/C17H16N2O2/c1-12-7-8-15-14(9-12)17(21)18-10-16(20)19(15)11-13-5-3-2-4-6-13/h2-9H,10-11H2,1H3,(H,18,21). The molecule has 0 spiro atoms. The van der Waals surface area contributed by atoms with Gasteiger partial charge < -0.3 is 10.2 Å². The highest BCUT2D eigenvalue weighted by molar-refractivity contribution is 6.09. The second-order valence-corrected chi connectivity index (χ2v) is 5.17. The summed E-state index contributed by atoms with van der Waals surface area (Å²) in [6.07, 6.45) is 0. The molecule has 21 heavy (non-hydrogen) atoms. The summed E-state index contributed by atoms with van der Waals surface area (Å²) in [5, 5.41) is 2.66. The summed E-state index contributed by atoms with van der Waals surface area (Å²) in [6, 6.07) is 15.4. The highest BCUT2D eigenvalue weighted by atomic mass is 16.2. The van der Waals surface area contributed by atoms with Crippen molar-refractivity contribution >= 4 is 17.5 Å². The number of aryl methyl sites for hydroxylation is 1. The van der Waals surface area contributed by atoms with Crippen molar-refractivity contribution < 1.29 is 9.59 Å². The lowest BCUT2D eigenvalue weighted by Gasteiger charge is -2.22. The Morgan fingerprint density at radius 1 is 1.10 bits per heavy atom. The molecule has 0 bridgehead atoms. The first-order chi connectivity index (χ1) is 10.1. The third kappa shape index (κ3) is 2.65. The zero-order chi connectivity index (χ0) is 14.8. The van der Waals surface area contributed by atoms with Gasteiger partial charge in [-0.1, -0.05) is 42.0 Å². The van der Waals surface area contributed by atoms with Gasteiger partial charge in [0.15, 0.2) is 0 Å². The van der Waals surface area contributed by atoms with Gasteiger partial charge in [0.05, 0.1) is 24.3 Å². The highest BCUT2D eigenvalue weighted by Gasteiger charge is 2.26. The van der Waals surface area contributed by atoms with Gasteiger partial charge in [0, 0.05) is 0 Å². The van der Waals surface area contributed by atoms with E-state index in [0.29, 0.717) is 17.8 Å².